The van der Waals surface area contributed by atoms with E-state index in [1.807, 2.05) is 13.0 Å². The van der Waals surface area contributed by atoms with E-state index in [4.69, 9.17) is 5.73 Å². The van der Waals surface area contributed by atoms with Crippen molar-refractivity contribution in [1.29, 1.82) is 0 Å². The predicted molar refractivity (Wildman–Crippen MR) is 67.1 cm³/mol. The molecule has 0 aliphatic carbocycles. The molecule has 1 aliphatic rings. The number of nitrogen functional groups attached to an aromatic ring is 1. The Hall–Kier alpha value is -2.04. The Bertz CT molecular complexity index is 499. The molecule has 18 heavy (non-hydrogen) atoms. The van der Waals surface area contributed by atoms with Crippen LogP contribution in [-0.2, 0) is 9.59 Å². The topological polar surface area (TPSA) is 92.4 Å². The third-order valence-electron chi connectivity index (χ3n) is 3.43. The van der Waals surface area contributed by atoms with Gasteiger partial charge in [0.05, 0.1) is 5.92 Å². The molecule has 2 atom stereocenters. The molecular formula is C13H16N2O3. The van der Waals surface area contributed by atoms with Crippen LogP contribution in [0.5, 0.6) is 0 Å². The highest BCUT2D eigenvalue weighted by Gasteiger charge is 2.36. The lowest BCUT2D eigenvalue weighted by Gasteiger charge is -2.30. The predicted octanol–water partition coefficient (Wildman–Crippen LogP) is 0.882. The van der Waals surface area contributed by atoms with Gasteiger partial charge in [-0.3, -0.25) is 9.59 Å². The minimum absolute atomic E-state index is 0.0221. The Morgan fingerprint density at radius 3 is 2.89 bits per heavy atom. The Morgan fingerprint density at radius 1 is 1.50 bits per heavy atom. The number of amides is 1. The summed E-state index contributed by atoms with van der Waals surface area (Å²) in [5, 5.41) is 12.0. The zero-order valence-electron chi connectivity index (χ0n) is 10.1. The van der Waals surface area contributed by atoms with Gasteiger partial charge in [0.25, 0.3) is 0 Å². The van der Waals surface area contributed by atoms with Crippen LogP contribution in [-0.4, -0.2) is 23.5 Å². The summed E-state index contributed by atoms with van der Waals surface area (Å²) in [6, 6.07) is 5.46. The molecule has 0 spiro atoms. The quantitative estimate of drug-likeness (QED) is 0.677. The van der Waals surface area contributed by atoms with E-state index < -0.39 is 11.9 Å². The zero-order chi connectivity index (χ0) is 13.3. The number of hydrogen-bond donors (Lipinski definition) is 3. The van der Waals surface area contributed by atoms with Crippen molar-refractivity contribution in [3.05, 3.63) is 29.3 Å². The van der Waals surface area contributed by atoms with E-state index in [0.717, 1.165) is 11.1 Å². The molecule has 2 rings (SSSR count). The number of nitrogens with one attached hydrogen (secondary N) is 1. The largest absolute Gasteiger partial charge is 0.481 e. The van der Waals surface area contributed by atoms with E-state index in [-0.39, 0.29) is 18.2 Å². The fourth-order valence-electron chi connectivity index (χ4n) is 2.42. The number of carbonyl (C=O) groups excluding carboxylic acids is 1. The fraction of sp³-hybridized carbons (Fsp3) is 0.385. The standard InChI is InChI=1S/C13H16N2O3/c1-7-2-3-8(14)4-9(7)11-6-15-12(16)5-10(11)13(17)18/h2-4,10-11H,5-6,14H2,1H3,(H,15,16)(H,17,18). The summed E-state index contributed by atoms with van der Waals surface area (Å²) in [5.74, 6) is -2.04. The average Bonchev–Trinajstić information content (AvgIpc) is 2.32. The summed E-state index contributed by atoms with van der Waals surface area (Å²) in [7, 11) is 0. The first-order valence-corrected chi connectivity index (χ1v) is 5.84. The molecule has 2 unspecified atom stereocenters. The van der Waals surface area contributed by atoms with E-state index in [2.05, 4.69) is 5.32 Å². The van der Waals surface area contributed by atoms with Crippen LogP contribution in [0.4, 0.5) is 5.69 Å². The number of carboxylic acids is 1. The zero-order valence-corrected chi connectivity index (χ0v) is 10.1. The van der Waals surface area contributed by atoms with Gasteiger partial charge in [-0.1, -0.05) is 6.07 Å². The van der Waals surface area contributed by atoms with Gasteiger partial charge in [-0.15, -0.1) is 0 Å². The monoisotopic (exact) mass is 248 g/mol. The number of rotatable bonds is 2. The highest BCUT2D eigenvalue weighted by Crippen LogP contribution is 2.32. The maximum atomic E-state index is 11.3. The Balaban J connectivity index is 2.38. The maximum absolute atomic E-state index is 11.3. The van der Waals surface area contributed by atoms with Crippen LogP contribution in [0, 0.1) is 12.8 Å². The number of nitrogens with two attached hydrogens (primary N) is 1. The van der Waals surface area contributed by atoms with Gasteiger partial charge in [-0.2, -0.15) is 0 Å². The molecule has 1 heterocycles. The molecule has 0 radical (unpaired) electrons. The van der Waals surface area contributed by atoms with Crippen LogP contribution in [0.3, 0.4) is 0 Å². The second-order valence-electron chi connectivity index (χ2n) is 4.68. The van der Waals surface area contributed by atoms with E-state index in [0.29, 0.717) is 12.2 Å². The van der Waals surface area contributed by atoms with Gasteiger partial charge in [0, 0.05) is 24.6 Å². The molecule has 96 valence electrons. The lowest BCUT2D eigenvalue weighted by molar-refractivity contribution is -0.146. The summed E-state index contributed by atoms with van der Waals surface area (Å²) < 4.78 is 0. The molecule has 0 saturated carbocycles. The van der Waals surface area contributed by atoms with Crippen molar-refractivity contribution in [2.45, 2.75) is 19.3 Å². The molecule has 1 aromatic carbocycles. The molecule has 1 aliphatic heterocycles. The second kappa shape index (κ2) is 4.68. The molecule has 4 N–H and O–H groups in total. The van der Waals surface area contributed by atoms with E-state index in [1.54, 1.807) is 12.1 Å². The summed E-state index contributed by atoms with van der Waals surface area (Å²) in [4.78, 5) is 22.6. The number of aryl methyl sites for hydroxylation is 1. The first-order valence-electron chi connectivity index (χ1n) is 5.84. The van der Waals surface area contributed by atoms with Crippen molar-refractivity contribution in [3.63, 3.8) is 0 Å². The van der Waals surface area contributed by atoms with Gasteiger partial charge in [0.2, 0.25) is 5.91 Å². The van der Waals surface area contributed by atoms with Gasteiger partial charge < -0.3 is 16.2 Å². The normalized spacial score (nSPS) is 23.5. The molecular weight excluding hydrogens is 232 g/mol. The van der Waals surface area contributed by atoms with E-state index in [1.165, 1.54) is 0 Å². The van der Waals surface area contributed by atoms with Gasteiger partial charge in [-0.25, -0.2) is 0 Å². The summed E-state index contributed by atoms with van der Waals surface area (Å²) in [6.07, 6.45) is 0.0221. The number of hydrogen-bond acceptors (Lipinski definition) is 3. The smallest absolute Gasteiger partial charge is 0.307 e. The second-order valence-corrected chi connectivity index (χ2v) is 4.68. The molecule has 1 saturated heterocycles. The van der Waals surface area contributed by atoms with Crippen molar-refractivity contribution < 1.29 is 14.7 Å². The molecule has 5 heteroatoms. The highest BCUT2D eigenvalue weighted by molar-refractivity contribution is 5.84. The number of aliphatic carboxylic acids is 1. The third kappa shape index (κ3) is 2.30. The SMILES string of the molecule is Cc1ccc(N)cc1C1CNC(=O)CC1C(=O)O. The first kappa shape index (κ1) is 12.4. The average molecular weight is 248 g/mol. The van der Waals surface area contributed by atoms with Crippen molar-refractivity contribution in [1.82, 2.24) is 5.32 Å². The Labute approximate surface area is 105 Å². The van der Waals surface area contributed by atoms with E-state index in [9.17, 15) is 14.7 Å². The minimum atomic E-state index is -0.934. The Kier molecular flexibility index (Phi) is 3.23. The number of benzene rings is 1. The van der Waals surface area contributed by atoms with Crippen LogP contribution in [0.2, 0.25) is 0 Å². The lowest BCUT2D eigenvalue weighted by atomic mass is 9.79. The number of carbonyl (C=O) groups is 2. The van der Waals surface area contributed by atoms with Gasteiger partial charge in [0.15, 0.2) is 0 Å². The van der Waals surface area contributed by atoms with Gasteiger partial charge in [-0.05, 0) is 30.2 Å². The molecule has 1 aromatic rings. The number of carboxylic acid groups (broad SMARTS) is 1. The molecule has 1 amide bonds. The molecule has 5 nitrogen and oxygen atoms in total. The highest BCUT2D eigenvalue weighted by atomic mass is 16.4. The summed E-state index contributed by atoms with van der Waals surface area (Å²) in [6.45, 7) is 2.27. The molecule has 0 aromatic heterocycles. The van der Waals surface area contributed by atoms with Crippen molar-refractivity contribution >= 4 is 17.6 Å². The first-order chi connectivity index (χ1) is 8.49. The van der Waals surface area contributed by atoms with Crippen molar-refractivity contribution in [2.24, 2.45) is 5.92 Å². The van der Waals surface area contributed by atoms with Crippen molar-refractivity contribution in [2.75, 3.05) is 12.3 Å². The van der Waals surface area contributed by atoms with Crippen LogP contribution < -0.4 is 11.1 Å². The van der Waals surface area contributed by atoms with Crippen LogP contribution in [0.15, 0.2) is 18.2 Å². The lowest BCUT2D eigenvalue weighted by Crippen LogP contribution is -2.42. The summed E-state index contributed by atoms with van der Waals surface area (Å²) in [5.41, 5.74) is 8.26. The number of piperidine rings is 1. The third-order valence-corrected chi connectivity index (χ3v) is 3.43. The van der Waals surface area contributed by atoms with Crippen LogP contribution in [0.1, 0.15) is 23.5 Å². The maximum Gasteiger partial charge on any atom is 0.307 e. The molecule has 1 fully saturated rings. The van der Waals surface area contributed by atoms with Gasteiger partial charge in [0.1, 0.15) is 0 Å². The fourth-order valence-corrected chi connectivity index (χ4v) is 2.42. The van der Waals surface area contributed by atoms with E-state index >= 15 is 0 Å². The minimum Gasteiger partial charge on any atom is -0.481 e. The molecule has 0 bridgehead atoms. The Morgan fingerprint density at radius 2 is 2.22 bits per heavy atom. The number of anilines is 1. The summed E-state index contributed by atoms with van der Waals surface area (Å²) >= 11 is 0. The van der Waals surface area contributed by atoms with Gasteiger partial charge >= 0.3 is 5.97 Å². The van der Waals surface area contributed by atoms with Crippen LogP contribution in [0.25, 0.3) is 0 Å². The van der Waals surface area contributed by atoms with Crippen LogP contribution >= 0.6 is 0 Å². The van der Waals surface area contributed by atoms with Crippen molar-refractivity contribution in [3.8, 4) is 0 Å².